The molecule has 0 radical (unpaired) electrons. The molecule has 3 rings (SSSR count). The van der Waals surface area contributed by atoms with E-state index in [9.17, 15) is 4.79 Å². The number of methoxy groups -OCH3 is 1. The van der Waals surface area contributed by atoms with E-state index in [1.165, 1.54) is 16.9 Å². The van der Waals surface area contributed by atoms with Crippen LogP contribution in [0.15, 0.2) is 30.6 Å². The summed E-state index contributed by atoms with van der Waals surface area (Å²) in [7, 11) is 1.62. The maximum Gasteiger partial charge on any atom is 0.267 e. The second kappa shape index (κ2) is 7.77. The Morgan fingerprint density at radius 3 is 2.96 bits per heavy atom. The molecule has 1 aliphatic rings. The molecule has 2 aromatic heterocycles. The molecule has 0 unspecified atom stereocenters. The first kappa shape index (κ1) is 16.9. The molecule has 2 aromatic rings. The summed E-state index contributed by atoms with van der Waals surface area (Å²) < 4.78 is 5.36. The maximum atomic E-state index is 12.8. The van der Waals surface area contributed by atoms with E-state index in [4.69, 9.17) is 4.74 Å². The number of carbonyl (C=O) groups excluding carboxylic acids is 1. The molecule has 0 N–H and O–H groups in total. The van der Waals surface area contributed by atoms with Crippen molar-refractivity contribution < 1.29 is 9.53 Å². The fourth-order valence-corrected chi connectivity index (χ4v) is 3.96. The van der Waals surface area contributed by atoms with Gasteiger partial charge in [0.15, 0.2) is 0 Å². The van der Waals surface area contributed by atoms with Crippen molar-refractivity contribution in [2.24, 2.45) is 0 Å². The van der Waals surface area contributed by atoms with Gasteiger partial charge in [-0.15, -0.1) is 11.3 Å². The van der Waals surface area contributed by atoms with E-state index < -0.39 is 0 Å². The number of hydrogen-bond acceptors (Lipinski definition) is 5. The van der Waals surface area contributed by atoms with Gasteiger partial charge in [0.25, 0.3) is 5.91 Å². The van der Waals surface area contributed by atoms with E-state index in [1.807, 2.05) is 30.2 Å². The molecule has 0 atom stereocenters. The van der Waals surface area contributed by atoms with Crippen molar-refractivity contribution in [3.05, 3.63) is 45.9 Å². The zero-order valence-corrected chi connectivity index (χ0v) is 15.0. The first-order chi connectivity index (χ1) is 11.7. The lowest BCUT2D eigenvalue weighted by Gasteiger charge is -2.22. The van der Waals surface area contributed by atoms with Crippen LogP contribution in [-0.2, 0) is 6.54 Å². The summed E-state index contributed by atoms with van der Waals surface area (Å²) in [6.07, 6.45) is 4.69. The van der Waals surface area contributed by atoms with Crippen molar-refractivity contribution in [3.63, 3.8) is 0 Å². The number of amides is 1. The molecule has 0 aliphatic carbocycles. The third kappa shape index (κ3) is 3.94. The molecule has 1 fully saturated rings. The molecule has 128 valence electrons. The molecular weight excluding hydrogens is 322 g/mol. The van der Waals surface area contributed by atoms with Crippen molar-refractivity contribution in [2.75, 3.05) is 33.3 Å². The summed E-state index contributed by atoms with van der Waals surface area (Å²) in [5, 5.41) is 0. The fourth-order valence-electron chi connectivity index (χ4n) is 3.02. The maximum absolute atomic E-state index is 12.8. The summed E-state index contributed by atoms with van der Waals surface area (Å²) in [4.78, 5) is 23.2. The molecule has 6 heteroatoms. The van der Waals surface area contributed by atoms with Crippen LogP contribution >= 0.6 is 11.3 Å². The average molecular weight is 345 g/mol. The molecule has 24 heavy (non-hydrogen) atoms. The quantitative estimate of drug-likeness (QED) is 0.855. The van der Waals surface area contributed by atoms with Crippen molar-refractivity contribution in [1.82, 2.24) is 14.8 Å². The predicted molar refractivity (Wildman–Crippen MR) is 95.6 cm³/mol. The Bertz CT molecular complexity index is 687. The van der Waals surface area contributed by atoms with Crippen molar-refractivity contribution in [1.29, 1.82) is 0 Å². The number of aryl methyl sites for hydroxylation is 1. The van der Waals surface area contributed by atoms with Gasteiger partial charge in [0.2, 0.25) is 0 Å². The Morgan fingerprint density at radius 2 is 2.21 bits per heavy atom. The van der Waals surface area contributed by atoms with Gasteiger partial charge in [0.1, 0.15) is 10.6 Å². The molecule has 0 spiro atoms. The lowest BCUT2D eigenvalue weighted by Crippen LogP contribution is -2.34. The van der Waals surface area contributed by atoms with E-state index in [-0.39, 0.29) is 5.91 Å². The lowest BCUT2D eigenvalue weighted by atomic mass is 10.2. The van der Waals surface area contributed by atoms with Crippen LogP contribution in [0.25, 0.3) is 0 Å². The standard InChI is InChI=1S/C18H23N3O2S/c1-14-11-16(23-2)17(24-14)18(22)21-8-4-7-20(9-10-21)13-15-5-3-6-19-12-15/h3,5-6,11-12H,4,7-10,13H2,1-2H3. The first-order valence-electron chi connectivity index (χ1n) is 8.22. The Labute approximate surface area is 146 Å². The highest BCUT2D eigenvalue weighted by molar-refractivity contribution is 7.14. The minimum absolute atomic E-state index is 0.0909. The molecule has 1 saturated heterocycles. The zero-order chi connectivity index (χ0) is 16.9. The van der Waals surface area contributed by atoms with Gasteiger partial charge >= 0.3 is 0 Å². The number of ether oxygens (including phenoxy) is 1. The van der Waals surface area contributed by atoms with Gasteiger partial charge in [0.05, 0.1) is 7.11 Å². The van der Waals surface area contributed by atoms with Crippen molar-refractivity contribution >= 4 is 17.2 Å². The van der Waals surface area contributed by atoms with Gasteiger partial charge < -0.3 is 9.64 Å². The van der Waals surface area contributed by atoms with E-state index in [2.05, 4.69) is 16.0 Å². The highest BCUT2D eigenvalue weighted by Gasteiger charge is 2.24. The van der Waals surface area contributed by atoms with Crippen LogP contribution in [0, 0.1) is 6.92 Å². The monoisotopic (exact) mass is 345 g/mol. The van der Waals surface area contributed by atoms with Gasteiger partial charge in [-0.05, 0) is 31.0 Å². The Hall–Kier alpha value is -1.92. The van der Waals surface area contributed by atoms with Gasteiger partial charge in [-0.25, -0.2) is 0 Å². The van der Waals surface area contributed by atoms with Crippen LogP contribution in [0.4, 0.5) is 0 Å². The van der Waals surface area contributed by atoms with E-state index >= 15 is 0 Å². The van der Waals surface area contributed by atoms with Crippen LogP contribution < -0.4 is 4.74 Å². The molecule has 1 aliphatic heterocycles. The van der Waals surface area contributed by atoms with Crippen LogP contribution in [0.2, 0.25) is 0 Å². The molecule has 0 saturated carbocycles. The van der Waals surface area contributed by atoms with Crippen LogP contribution in [-0.4, -0.2) is 54.0 Å². The predicted octanol–water partition coefficient (Wildman–Crippen LogP) is 2.81. The highest BCUT2D eigenvalue weighted by Crippen LogP contribution is 2.30. The van der Waals surface area contributed by atoms with Crippen LogP contribution in [0.5, 0.6) is 5.75 Å². The summed E-state index contributed by atoms with van der Waals surface area (Å²) in [5.41, 5.74) is 1.22. The minimum atomic E-state index is 0.0909. The van der Waals surface area contributed by atoms with Crippen molar-refractivity contribution in [2.45, 2.75) is 19.9 Å². The third-order valence-electron chi connectivity index (χ3n) is 4.24. The van der Waals surface area contributed by atoms with Gasteiger partial charge in [-0.2, -0.15) is 0 Å². The summed E-state index contributed by atoms with van der Waals surface area (Å²) in [6.45, 7) is 6.31. The molecule has 1 amide bonds. The average Bonchev–Trinajstić information content (AvgIpc) is 2.83. The van der Waals surface area contributed by atoms with Gasteiger partial charge in [-0.3, -0.25) is 14.7 Å². The Morgan fingerprint density at radius 1 is 1.33 bits per heavy atom. The number of pyridine rings is 1. The summed E-state index contributed by atoms with van der Waals surface area (Å²) in [5.74, 6) is 0.784. The number of aromatic nitrogens is 1. The third-order valence-corrected chi connectivity index (χ3v) is 5.26. The Kier molecular flexibility index (Phi) is 5.48. The Balaban J connectivity index is 1.63. The van der Waals surface area contributed by atoms with Crippen LogP contribution in [0.3, 0.4) is 0 Å². The van der Waals surface area contributed by atoms with Gasteiger partial charge in [0, 0.05) is 50.0 Å². The normalized spacial score (nSPS) is 16.0. The molecule has 0 aromatic carbocycles. The molecule has 0 bridgehead atoms. The smallest absolute Gasteiger partial charge is 0.267 e. The minimum Gasteiger partial charge on any atom is -0.495 e. The van der Waals surface area contributed by atoms with E-state index in [0.29, 0.717) is 5.75 Å². The number of rotatable bonds is 4. The molecular formula is C18H23N3O2S. The first-order valence-corrected chi connectivity index (χ1v) is 9.04. The SMILES string of the molecule is COc1cc(C)sc1C(=O)N1CCCN(Cc2cccnc2)CC1. The zero-order valence-electron chi connectivity index (χ0n) is 14.2. The second-order valence-corrected chi connectivity index (χ2v) is 7.29. The topological polar surface area (TPSA) is 45.7 Å². The number of carbonyl (C=O) groups is 1. The fraction of sp³-hybridized carbons (Fsp3) is 0.444. The van der Waals surface area contributed by atoms with E-state index in [1.54, 1.807) is 13.3 Å². The lowest BCUT2D eigenvalue weighted by molar-refractivity contribution is 0.0763. The second-order valence-electron chi connectivity index (χ2n) is 6.04. The summed E-state index contributed by atoms with van der Waals surface area (Å²) in [6, 6.07) is 6.00. The molecule has 3 heterocycles. The van der Waals surface area contributed by atoms with Crippen LogP contribution in [0.1, 0.15) is 26.5 Å². The molecule has 5 nitrogen and oxygen atoms in total. The number of nitrogens with zero attached hydrogens (tertiary/aromatic N) is 3. The number of thiophene rings is 1. The number of hydrogen-bond donors (Lipinski definition) is 0. The largest absolute Gasteiger partial charge is 0.495 e. The van der Waals surface area contributed by atoms with Gasteiger partial charge in [-0.1, -0.05) is 6.07 Å². The summed E-state index contributed by atoms with van der Waals surface area (Å²) >= 11 is 1.51. The van der Waals surface area contributed by atoms with E-state index in [0.717, 1.165) is 48.9 Å². The van der Waals surface area contributed by atoms with Crippen molar-refractivity contribution in [3.8, 4) is 5.75 Å². The highest BCUT2D eigenvalue weighted by atomic mass is 32.1.